The Morgan fingerprint density at radius 3 is 2.89 bits per heavy atom. The van der Waals surface area contributed by atoms with Crippen LogP contribution in [0.2, 0.25) is 0 Å². The summed E-state index contributed by atoms with van der Waals surface area (Å²) in [5.74, 6) is 0.274. The lowest BCUT2D eigenvalue weighted by molar-refractivity contribution is -0.123. The zero-order valence-electron chi connectivity index (χ0n) is 11.1. The Morgan fingerprint density at radius 1 is 1.56 bits per heavy atom. The highest BCUT2D eigenvalue weighted by atomic mass is 16.5. The molecule has 0 fully saturated rings. The van der Waals surface area contributed by atoms with Gasteiger partial charge in [-0.3, -0.25) is 9.78 Å². The summed E-state index contributed by atoms with van der Waals surface area (Å²) in [5, 5.41) is 12.0. The Morgan fingerprint density at radius 2 is 2.28 bits per heavy atom. The van der Waals surface area contributed by atoms with Gasteiger partial charge < -0.3 is 15.2 Å². The molecule has 1 unspecified atom stereocenters. The van der Waals surface area contributed by atoms with Crippen LogP contribution in [-0.4, -0.2) is 28.6 Å². The first-order chi connectivity index (χ1) is 8.56. The smallest absolute Gasteiger partial charge is 0.258 e. The molecule has 0 spiro atoms. The third-order valence-electron chi connectivity index (χ3n) is 2.60. The number of nitrogens with one attached hydrogen (secondary N) is 1. The normalized spacial score (nSPS) is 12.0. The number of pyridine rings is 1. The van der Waals surface area contributed by atoms with Crippen molar-refractivity contribution in [3.05, 3.63) is 23.5 Å². The first kappa shape index (κ1) is 14.4. The summed E-state index contributed by atoms with van der Waals surface area (Å²) in [7, 11) is 0. The van der Waals surface area contributed by atoms with Crippen LogP contribution < -0.4 is 10.1 Å². The summed E-state index contributed by atoms with van der Waals surface area (Å²) in [6.07, 6.45) is 0.875. The van der Waals surface area contributed by atoms with E-state index in [2.05, 4.69) is 10.3 Å². The van der Waals surface area contributed by atoms with Crippen LogP contribution in [0.5, 0.6) is 5.75 Å². The molecular formula is C13H20N2O3. The van der Waals surface area contributed by atoms with Gasteiger partial charge in [0.2, 0.25) is 0 Å². The largest absolute Gasteiger partial charge is 0.482 e. The summed E-state index contributed by atoms with van der Waals surface area (Å²) in [5.41, 5.74) is 1.25. The standard InChI is InChI=1S/C13H20N2O3/c1-4-9(2)15-13(17)8-18-12-6-5-10(3)14-11(12)7-16/h5-6,9,16H,4,7-8H2,1-3H3,(H,15,17). The van der Waals surface area contributed by atoms with Crippen molar-refractivity contribution in [3.8, 4) is 5.75 Å². The molecule has 0 bridgehead atoms. The summed E-state index contributed by atoms with van der Waals surface area (Å²) in [4.78, 5) is 15.7. The van der Waals surface area contributed by atoms with E-state index in [9.17, 15) is 4.79 Å². The first-order valence-corrected chi connectivity index (χ1v) is 6.06. The van der Waals surface area contributed by atoms with Crippen molar-refractivity contribution in [1.29, 1.82) is 0 Å². The molecule has 0 saturated carbocycles. The maximum atomic E-state index is 11.5. The Labute approximate surface area is 107 Å². The van der Waals surface area contributed by atoms with Crippen molar-refractivity contribution in [1.82, 2.24) is 10.3 Å². The van der Waals surface area contributed by atoms with Crippen molar-refractivity contribution < 1.29 is 14.6 Å². The van der Waals surface area contributed by atoms with Crippen molar-refractivity contribution in [2.75, 3.05) is 6.61 Å². The van der Waals surface area contributed by atoms with E-state index in [0.717, 1.165) is 12.1 Å². The molecule has 0 aliphatic carbocycles. The van der Waals surface area contributed by atoms with Crippen molar-refractivity contribution in [3.63, 3.8) is 0 Å². The third-order valence-corrected chi connectivity index (χ3v) is 2.60. The Kier molecular flexibility index (Phi) is 5.58. The maximum Gasteiger partial charge on any atom is 0.258 e. The second kappa shape index (κ2) is 6.96. The molecule has 0 saturated heterocycles. The molecule has 1 heterocycles. The third kappa shape index (κ3) is 4.33. The molecule has 0 aromatic carbocycles. The van der Waals surface area contributed by atoms with Crippen LogP contribution in [0, 0.1) is 6.92 Å². The molecule has 0 aliphatic rings. The van der Waals surface area contributed by atoms with E-state index >= 15 is 0 Å². The van der Waals surface area contributed by atoms with Crippen LogP contribution in [0.25, 0.3) is 0 Å². The van der Waals surface area contributed by atoms with Gasteiger partial charge in [0.1, 0.15) is 11.4 Å². The summed E-state index contributed by atoms with van der Waals surface area (Å²) in [6.45, 7) is 5.49. The lowest BCUT2D eigenvalue weighted by Crippen LogP contribution is -2.35. The number of hydrogen-bond acceptors (Lipinski definition) is 4. The van der Waals surface area contributed by atoms with E-state index in [0.29, 0.717) is 11.4 Å². The van der Waals surface area contributed by atoms with Crippen molar-refractivity contribution in [2.24, 2.45) is 0 Å². The van der Waals surface area contributed by atoms with Crippen molar-refractivity contribution >= 4 is 5.91 Å². The number of carbonyl (C=O) groups is 1. The van der Waals surface area contributed by atoms with Crippen LogP contribution in [-0.2, 0) is 11.4 Å². The van der Waals surface area contributed by atoms with Gasteiger partial charge in [0.15, 0.2) is 6.61 Å². The Hall–Kier alpha value is -1.62. The van der Waals surface area contributed by atoms with Gasteiger partial charge in [0.25, 0.3) is 5.91 Å². The molecule has 1 amide bonds. The molecule has 1 aromatic rings. The summed E-state index contributed by atoms with van der Waals surface area (Å²) < 4.78 is 5.36. The molecule has 18 heavy (non-hydrogen) atoms. The minimum absolute atomic E-state index is 0.0674. The summed E-state index contributed by atoms with van der Waals surface area (Å²) >= 11 is 0. The van der Waals surface area contributed by atoms with Gasteiger partial charge in [-0.05, 0) is 32.4 Å². The van der Waals surface area contributed by atoms with E-state index in [4.69, 9.17) is 9.84 Å². The first-order valence-electron chi connectivity index (χ1n) is 6.06. The predicted molar refractivity (Wildman–Crippen MR) is 68.3 cm³/mol. The average molecular weight is 252 g/mol. The predicted octanol–water partition coefficient (Wildman–Crippen LogP) is 1.18. The number of nitrogens with zero attached hydrogens (tertiary/aromatic N) is 1. The molecule has 1 atom stereocenters. The fourth-order valence-electron chi connectivity index (χ4n) is 1.40. The van der Waals surface area contributed by atoms with Gasteiger partial charge in [-0.25, -0.2) is 0 Å². The number of hydrogen-bond donors (Lipinski definition) is 2. The quantitative estimate of drug-likeness (QED) is 0.797. The number of aliphatic hydroxyl groups excluding tert-OH is 1. The van der Waals surface area contributed by atoms with Gasteiger partial charge in [-0.1, -0.05) is 6.92 Å². The second-order valence-electron chi connectivity index (χ2n) is 4.22. The minimum atomic E-state index is -0.204. The highest BCUT2D eigenvalue weighted by Crippen LogP contribution is 2.16. The van der Waals surface area contributed by atoms with Crippen LogP contribution in [0.3, 0.4) is 0 Å². The molecule has 1 aromatic heterocycles. The fraction of sp³-hybridized carbons (Fsp3) is 0.538. The average Bonchev–Trinajstić information content (AvgIpc) is 2.36. The highest BCUT2D eigenvalue weighted by Gasteiger charge is 2.09. The molecule has 5 nitrogen and oxygen atoms in total. The molecule has 1 rings (SSSR count). The number of rotatable bonds is 6. The molecule has 0 aliphatic heterocycles. The van der Waals surface area contributed by atoms with Crippen molar-refractivity contribution in [2.45, 2.75) is 39.8 Å². The Balaban J connectivity index is 2.55. The number of aliphatic hydroxyl groups is 1. The van der Waals surface area contributed by atoms with Gasteiger partial charge >= 0.3 is 0 Å². The van der Waals surface area contributed by atoms with Gasteiger partial charge in [0, 0.05) is 11.7 Å². The zero-order chi connectivity index (χ0) is 13.5. The number of aromatic nitrogens is 1. The number of amides is 1. The molecule has 5 heteroatoms. The summed E-state index contributed by atoms with van der Waals surface area (Å²) in [6, 6.07) is 3.63. The maximum absolute atomic E-state index is 11.5. The molecule has 0 radical (unpaired) electrons. The van der Waals surface area contributed by atoms with Gasteiger partial charge in [0.05, 0.1) is 6.61 Å². The minimum Gasteiger partial charge on any atom is -0.482 e. The highest BCUT2D eigenvalue weighted by molar-refractivity contribution is 5.77. The zero-order valence-corrected chi connectivity index (χ0v) is 11.1. The SMILES string of the molecule is CCC(C)NC(=O)COc1ccc(C)nc1CO. The lowest BCUT2D eigenvalue weighted by atomic mass is 10.2. The molecule has 100 valence electrons. The topological polar surface area (TPSA) is 71.5 Å². The number of carbonyl (C=O) groups excluding carboxylic acids is 1. The van der Waals surface area contributed by atoms with E-state index in [-0.39, 0.29) is 25.2 Å². The van der Waals surface area contributed by atoms with E-state index in [1.807, 2.05) is 20.8 Å². The molecule has 2 N–H and O–H groups in total. The monoisotopic (exact) mass is 252 g/mol. The van der Waals surface area contributed by atoms with E-state index in [1.54, 1.807) is 12.1 Å². The Bertz CT molecular complexity index is 407. The second-order valence-corrected chi connectivity index (χ2v) is 4.22. The van der Waals surface area contributed by atoms with Crippen LogP contribution in [0.15, 0.2) is 12.1 Å². The van der Waals surface area contributed by atoms with E-state index in [1.165, 1.54) is 0 Å². The van der Waals surface area contributed by atoms with Gasteiger partial charge in [-0.2, -0.15) is 0 Å². The number of ether oxygens (including phenoxy) is 1. The van der Waals surface area contributed by atoms with Crippen LogP contribution >= 0.6 is 0 Å². The van der Waals surface area contributed by atoms with E-state index < -0.39 is 0 Å². The van der Waals surface area contributed by atoms with Gasteiger partial charge in [-0.15, -0.1) is 0 Å². The lowest BCUT2D eigenvalue weighted by Gasteiger charge is -2.13. The molecular weight excluding hydrogens is 232 g/mol. The fourth-order valence-corrected chi connectivity index (χ4v) is 1.40. The van der Waals surface area contributed by atoms with Crippen LogP contribution in [0.4, 0.5) is 0 Å². The van der Waals surface area contributed by atoms with Crippen LogP contribution in [0.1, 0.15) is 31.7 Å². The number of aryl methyl sites for hydroxylation is 1.